The molecule has 0 saturated heterocycles. The Hall–Kier alpha value is -3.59. The third-order valence-corrected chi connectivity index (χ3v) is 5.44. The molecule has 0 aliphatic carbocycles. The summed E-state index contributed by atoms with van der Waals surface area (Å²) in [4.78, 5) is 35.1. The molecule has 0 saturated carbocycles. The van der Waals surface area contributed by atoms with Gasteiger partial charge in [0.2, 0.25) is 5.91 Å². The third-order valence-electron chi connectivity index (χ3n) is 4.52. The molecule has 4 rings (SSSR count). The van der Waals surface area contributed by atoms with Crippen LogP contribution in [0.4, 0.5) is 5.69 Å². The highest BCUT2D eigenvalue weighted by Gasteiger charge is 2.16. The second kappa shape index (κ2) is 8.42. The highest BCUT2D eigenvalue weighted by Crippen LogP contribution is 2.24. The van der Waals surface area contributed by atoms with Crippen LogP contribution >= 0.6 is 11.8 Å². The number of para-hydroxylation sites is 1. The van der Waals surface area contributed by atoms with Crippen LogP contribution in [0.3, 0.4) is 0 Å². The van der Waals surface area contributed by atoms with E-state index in [1.54, 1.807) is 19.1 Å². The predicted octanol–water partition coefficient (Wildman–Crippen LogP) is 2.85. The van der Waals surface area contributed by atoms with Gasteiger partial charge in [-0.2, -0.15) is 0 Å². The summed E-state index contributed by atoms with van der Waals surface area (Å²) >= 11 is 1.24. The molecule has 8 nitrogen and oxygen atoms in total. The van der Waals surface area contributed by atoms with E-state index in [1.807, 2.05) is 54.6 Å². The fourth-order valence-corrected chi connectivity index (χ4v) is 3.73. The standard InChI is InChI=1S/C21H19N5O3S/c1-25(15-6-4-3-5-7-15)19(28)13-30-21-23-20(14-8-10-16(29-2)11-9-14)22-17-12-18(27)24-26(17)21/h3-12H,13H2,1-2H3,(H,24,27). The topological polar surface area (TPSA) is 92.6 Å². The van der Waals surface area contributed by atoms with Gasteiger partial charge in [0.05, 0.1) is 12.9 Å². The zero-order valence-electron chi connectivity index (χ0n) is 16.4. The van der Waals surface area contributed by atoms with Gasteiger partial charge in [0.1, 0.15) is 5.75 Å². The molecule has 30 heavy (non-hydrogen) atoms. The molecule has 2 heterocycles. The molecular weight excluding hydrogens is 402 g/mol. The van der Waals surface area contributed by atoms with Crippen molar-refractivity contribution in [3.8, 4) is 17.1 Å². The Morgan fingerprint density at radius 3 is 2.57 bits per heavy atom. The second-order valence-corrected chi connectivity index (χ2v) is 7.39. The van der Waals surface area contributed by atoms with Crippen molar-refractivity contribution >= 4 is 29.0 Å². The maximum absolute atomic E-state index is 12.7. The number of aromatic amines is 1. The van der Waals surface area contributed by atoms with Gasteiger partial charge in [-0.1, -0.05) is 30.0 Å². The number of benzene rings is 2. The molecule has 2 aromatic carbocycles. The molecule has 2 aromatic heterocycles. The first-order valence-corrected chi connectivity index (χ1v) is 10.1. The van der Waals surface area contributed by atoms with Gasteiger partial charge in [0.25, 0.3) is 5.56 Å². The quantitative estimate of drug-likeness (QED) is 0.481. The van der Waals surface area contributed by atoms with Crippen molar-refractivity contribution < 1.29 is 9.53 Å². The van der Waals surface area contributed by atoms with Crippen molar-refractivity contribution in [3.63, 3.8) is 0 Å². The lowest BCUT2D eigenvalue weighted by atomic mass is 10.2. The van der Waals surface area contributed by atoms with Crippen LogP contribution in [-0.2, 0) is 4.79 Å². The van der Waals surface area contributed by atoms with Crippen molar-refractivity contribution in [3.05, 3.63) is 71.0 Å². The van der Waals surface area contributed by atoms with Crippen LogP contribution in [-0.4, -0.2) is 45.4 Å². The van der Waals surface area contributed by atoms with Crippen molar-refractivity contribution in [2.24, 2.45) is 0 Å². The number of hydrogen-bond donors (Lipinski definition) is 1. The summed E-state index contributed by atoms with van der Waals surface area (Å²) in [5.41, 5.74) is 1.74. The first-order chi connectivity index (χ1) is 14.5. The number of fused-ring (bicyclic) bond motifs is 1. The van der Waals surface area contributed by atoms with Crippen molar-refractivity contribution in [1.82, 2.24) is 19.6 Å². The van der Waals surface area contributed by atoms with Crippen LogP contribution in [0.25, 0.3) is 17.0 Å². The van der Waals surface area contributed by atoms with Crippen molar-refractivity contribution in [2.45, 2.75) is 5.16 Å². The highest BCUT2D eigenvalue weighted by atomic mass is 32.2. The van der Waals surface area contributed by atoms with E-state index in [0.29, 0.717) is 16.6 Å². The van der Waals surface area contributed by atoms with Gasteiger partial charge in [-0.25, -0.2) is 14.5 Å². The van der Waals surface area contributed by atoms with E-state index in [-0.39, 0.29) is 17.2 Å². The number of methoxy groups -OCH3 is 1. The van der Waals surface area contributed by atoms with E-state index in [4.69, 9.17) is 4.74 Å². The van der Waals surface area contributed by atoms with Gasteiger partial charge >= 0.3 is 0 Å². The van der Waals surface area contributed by atoms with Gasteiger partial charge in [0.15, 0.2) is 16.6 Å². The Morgan fingerprint density at radius 2 is 1.87 bits per heavy atom. The van der Waals surface area contributed by atoms with Gasteiger partial charge in [-0.15, -0.1) is 0 Å². The summed E-state index contributed by atoms with van der Waals surface area (Å²) in [6, 6.07) is 18.1. The van der Waals surface area contributed by atoms with E-state index in [0.717, 1.165) is 17.0 Å². The minimum Gasteiger partial charge on any atom is -0.497 e. The number of amides is 1. The molecule has 0 spiro atoms. The molecule has 4 aromatic rings. The first kappa shape index (κ1) is 19.7. The Balaban J connectivity index is 1.62. The number of carbonyl (C=O) groups is 1. The van der Waals surface area contributed by atoms with Crippen LogP contribution in [0.2, 0.25) is 0 Å². The van der Waals surface area contributed by atoms with E-state index in [9.17, 15) is 9.59 Å². The molecule has 0 atom stereocenters. The summed E-state index contributed by atoms with van der Waals surface area (Å²) in [6.07, 6.45) is 0. The lowest BCUT2D eigenvalue weighted by molar-refractivity contribution is -0.115. The molecule has 1 amide bonds. The largest absolute Gasteiger partial charge is 0.497 e. The van der Waals surface area contributed by atoms with Crippen LogP contribution in [0.15, 0.2) is 70.6 Å². The number of thioether (sulfide) groups is 1. The molecule has 0 radical (unpaired) electrons. The number of hydrogen-bond acceptors (Lipinski definition) is 6. The number of H-pyrrole nitrogens is 1. The number of ether oxygens (including phenoxy) is 1. The minimum atomic E-state index is -0.286. The number of carbonyl (C=O) groups excluding carboxylic acids is 1. The second-order valence-electron chi connectivity index (χ2n) is 6.45. The predicted molar refractivity (Wildman–Crippen MR) is 116 cm³/mol. The molecular formula is C21H19N5O3S. The summed E-state index contributed by atoms with van der Waals surface area (Å²) in [6.45, 7) is 0. The molecule has 0 aliphatic rings. The summed E-state index contributed by atoms with van der Waals surface area (Å²) in [5.74, 6) is 1.25. The molecule has 0 aliphatic heterocycles. The van der Waals surface area contributed by atoms with Crippen LogP contribution in [0.1, 0.15) is 0 Å². The average Bonchev–Trinajstić information content (AvgIpc) is 3.17. The van der Waals surface area contributed by atoms with E-state index < -0.39 is 0 Å². The molecule has 0 unspecified atom stereocenters. The number of nitrogens with zero attached hydrogens (tertiary/aromatic N) is 4. The number of aromatic nitrogens is 4. The normalized spacial score (nSPS) is 10.9. The Bertz CT molecular complexity index is 1240. The molecule has 152 valence electrons. The van der Waals surface area contributed by atoms with Crippen LogP contribution in [0.5, 0.6) is 5.75 Å². The third kappa shape index (κ3) is 4.06. The highest BCUT2D eigenvalue weighted by molar-refractivity contribution is 7.99. The van der Waals surface area contributed by atoms with Gasteiger partial charge < -0.3 is 9.64 Å². The SMILES string of the molecule is COc1ccc(-c2nc(SCC(=O)N(C)c3ccccc3)n3[nH]c(=O)cc3n2)cc1. The lowest BCUT2D eigenvalue weighted by Crippen LogP contribution is -2.28. The van der Waals surface area contributed by atoms with Crippen molar-refractivity contribution in [2.75, 3.05) is 24.8 Å². The summed E-state index contributed by atoms with van der Waals surface area (Å²) in [5, 5.41) is 3.15. The lowest BCUT2D eigenvalue weighted by Gasteiger charge is -2.17. The Morgan fingerprint density at radius 1 is 1.13 bits per heavy atom. The number of rotatable bonds is 6. The molecule has 0 bridgehead atoms. The van der Waals surface area contributed by atoms with Crippen LogP contribution in [0, 0.1) is 0 Å². The average molecular weight is 421 g/mol. The van der Waals surface area contributed by atoms with Gasteiger partial charge in [-0.05, 0) is 36.4 Å². The monoisotopic (exact) mass is 421 g/mol. The van der Waals surface area contributed by atoms with E-state index in [1.165, 1.54) is 22.3 Å². The minimum absolute atomic E-state index is 0.0848. The van der Waals surface area contributed by atoms with Crippen LogP contribution < -0.4 is 15.2 Å². The van der Waals surface area contributed by atoms with Crippen molar-refractivity contribution in [1.29, 1.82) is 0 Å². The molecule has 9 heteroatoms. The maximum atomic E-state index is 12.7. The Kier molecular flexibility index (Phi) is 5.53. The smallest absolute Gasteiger partial charge is 0.266 e. The molecule has 1 N–H and O–H groups in total. The van der Waals surface area contributed by atoms with Gasteiger partial charge in [0, 0.05) is 24.4 Å². The molecule has 0 fully saturated rings. The number of nitrogens with one attached hydrogen (secondary N) is 1. The fourth-order valence-electron chi connectivity index (χ4n) is 2.87. The maximum Gasteiger partial charge on any atom is 0.266 e. The first-order valence-electron chi connectivity index (χ1n) is 9.14. The van der Waals surface area contributed by atoms with E-state index >= 15 is 0 Å². The summed E-state index contributed by atoms with van der Waals surface area (Å²) < 4.78 is 6.68. The van der Waals surface area contributed by atoms with E-state index in [2.05, 4.69) is 15.1 Å². The zero-order valence-corrected chi connectivity index (χ0v) is 17.2. The summed E-state index contributed by atoms with van der Waals surface area (Å²) in [7, 11) is 3.33. The fraction of sp³-hybridized carbons (Fsp3) is 0.143. The Labute approximate surface area is 176 Å². The van der Waals surface area contributed by atoms with Gasteiger partial charge in [-0.3, -0.25) is 14.7 Å². The number of anilines is 1. The zero-order chi connectivity index (χ0) is 21.1.